The summed E-state index contributed by atoms with van der Waals surface area (Å²) in [5.74, 6) is -1.71. The fourth-order valence-corrected chi connectivity index (χ4v) is 2.47. The van der Waals surface area contributed by atoms with Crippen LogP contribution in [0.5, 0.6) is 0 Å². The fraction of sp³-hybridized carbons (Fsp3) is 0.118. The number of carbonyl (C=O) groups is 2. The van der Waals surface area contributed by atoms with Crippen molar-refractivity contribution in [3.63, 3.8) is 0 Å². The SMILES string of the molecule is Cc1ccc(NC(=O)C(=O)N/N=C\c2c(Cl)cccc2Cl)c(C)c1. The van der Waals surface area contributed by atoms with Crippen molar-refractivity contribution in [2.45, 2.75) is 13.8 Å². The summed E-state index contributed by atoms with van der Waals surface area (Å²) < 4.78 is 0. The van der Waals surface area contributed by atoms with Crippen molar-refractivity contribution in [3.05, 3.63) is 63.1 Å². The molecule has 0 aliphatic heterocycles. The molecule has 0 fully saturated rings. The molecule has 0 aromatic heterocycles. The molecule has 0 bridgehead atoms. The van der Waals surface area contributed by atoms with E-state index in [1.54, 1.807) is 24.3 Å². The lowest BCUT2D eigenvalue weighted by Crippen LogP contribution is -2.32. The Labute approximate surface area is 149 Å². The third-order valence-electron chi connectivity index (χ3n) is 3.20. The van der Waals surface area contributed by atoms with Gasteiger partial charge in [0.15, 0.2) is 0 Å². The third-order valence-corrected chi connectivity index (χ3v) is 3.85. The molecule has 0 saturated carbocycles. The van der Waals surface area contributed by atoms with Crippen LogP contribution in [0.15, 0.2) is 41.5 Å². The molecule has 24 heavy (non-hydrogen) atoms. The topological polar surface area (TPSA) is 70.6 Å². The van der Waals surface area contributed by atoms with Gasteiger partial charge in [-0.2, -0.15) is 5.10 Å². The van der Waals surface area contributed by atoms with Gasteiger partial charge in [0, 0.05) is 11.3 Å². The minimum Gasteiger partial charge on any atom is -0.317 e. The van der Waals surface area contributed by atoms with Gasteiger partial charge in [0.2, 0.25) is 0 Å². The Bertz CT molecular complexity index is 799. The minimum absolute atomic E-state index is 0.389. The Balaban J connectivity index is 1.99. The number of hydrogen-bond donors (Lipinski definition) is 2. The van der Waals surface area contributed by atoms with E-state index in [9.17, 15) is 9.59 Å². The average molecular weight is 364 g/mol. The van der Waals surface area contributed by atoms with Crippen molar-refractivity contribution in [1.82, 2.24) is 5.43 Å². The van der Waals surface area contributed by atoms with Gasteiger partial charge in [-0.1, -0.05) is 47.0 Å². The number of nitrogens with one attached hydrogen (secondary N) is 2. The number of hydrogen-bond acceptors (Lipinski definition) is 3. The molecule has 2 amide bonds. The summed E-state index contributed by atoms with van der Waals surface area (Å²) in [4.78, 5) is 23.7. The highest BCUT2D eigenvalue weighted by atomic mass is 35.5. The van der Waals surface area contributed by atoms with Crippen LogP contribution in [-0.4, -0.2) is 18.0 Å². The maximum Gasteiger partial charge on any atom is 0.329 e. The summed E-state index contributed by atoms with van der Waals surface area (Å²) in [7, 11) is 0. The zero-order valence-electron chi connectivity index (χ0n) is 13.1. The number of benzene rings is 2. The van der Waals surface area contributed by atoms with Crippen LogP contribution in [0.4, 0.5) is 5.69 Å². The number of halogens is 2. The van der Waals surface area contributed by atoms with Crippen LogP contribution in [-0.2, 0) is 9.59 Å². The Kier molecular flexibility index (Phi) is 5.95. The zero-order chi connectivity index (χ0) is 17.7. The Morgan fingerprint density at radius 3 is 2.33 bits per heavy atom. The van der Waals surface area contributed by atoms with E-state index < -0.39 is 11.8 Å². The van der Waals surface area contributed by atoms with Crippen LogP contribution in [0.25, 0.3) is 0 Å². The van der Waals surface area contributed by atoms with Crippen LogP contribution in [0.2, 0.25) is 10.0 Å². The number of anilines is 1. The smallest absolute Gasteiger partial charge is 0.317 e. The molecule has 7 heteroatoms. The maximum absolute atomic E-state index is 11.9. The van der Waals surface area contributed by atoms with Crippen molar-refractivity contribution in [1.29, 1.82) is 0 Å². The van der Waals surface area contributed by atoms with Crippen molar-refractivity contribution in [2.24, 2.45) is 5.10 Å². The molecule has 2 aromatic rings. The van der Waals surface area contributed by atoms with E-state index in [2.05, 4.69) is 15.8 Å². The highest BCUT2D eigenvalue weighted by Gasteiger charge is 2.14. The first-order valence-corrected chi connectivity index (χ1v) is 7.79. The Hall–Kier alpha value is -2.37. The van der Waals surface area contributed by atoms with Crippen LogP contribution in [0.1, 0.15) is 16.7 Å². The lowest BCUT2D eigenvalue weighted by molar-refractivity contribution is -0.136. The monoisotopic (exact) mass is 363 g/mol. The van der Waals surface area contributed by atoms with Crippen molar-refractivity contribution in [3.8, 4) is 0 Å². The molecule has 0 heterocycles. The highest BCUT2D eigenvalue weighted by Crippen LogP contribution is 2.22. The van der Waals surface area contributed by atoms with E-state index in [-0.39, 0.29) is 0 Å². The molecule has 0 aliphatic carbocycles. The third kappa shape index (κ3) is 4.57. The van der Waals surface area contributed by atoms with Gasteiger partial charge in [0.25, 0.3) is 0 Å². The van der Waals surface area contributed by atoms with Gasteiger partial charge in [0.05, 0.1) is 16.3 Å². The average Bonchev–Trinajstić information content (AvgIpc) is 2.52. The second kappa shape index (κ2) is 7.95. The molecule has 0 aliphatic rings. The molecule has 0 radical (unpaired) electrons. The van der Waals surface area contributed by atoms with Gasteiger partial charge < -0.3 is 5.32 Å². The molecule has 5 nitrogen and oxygen atoms in total. The number of carbonyl (C=O) groups excluding carboxylic acids is 2. The number of amides is 2. The number of nitrogens with zero attached hydrogens (tertiary/aromatic N) is 1. The van der Waals surface area contributed by atoms with Gasteiger partial charge in [-0.05, 0) is 37.6 Å². The van der Waals surface area contributed by atoms with Gasteiger partial charge >= 0.3 is 11.8 Å². The lowest BCUT2D eigenvalue weighted by atomic mass is 10.1. The quantitative estimate of drug-likeness (QED) is 0.495. The standard InChI is InChI=1S/C17H15Cl2N3O2/c1-10-6-7-15(11(2)8-10)21-16(23)17(24)22-20-9-12-13(18)4-3-5-14(12)19/h3-9H,1-2H3,(H,21,23)(H,22,24)/b20-9-. The summed E-state index contributed by atoms with van der Waals surface area (Å²) in [6.07, 6.45) is 1.28. The van der Waals surface area contributed by atoms with E-state index in [1.807, 2.05) is 26.0 Å². The number of rotatable bonds is 3. The van der Waals surface area contributed by atoms with E-state index in [0.717, 1.165) is 11.1 Å². The normalized spacial score (nSPS) is 10.7. The summed E-state index contributed by atoms with van der Waals surface area (Å²) in [6, 6.07) is 10.5. The van der Waals surface area contributed by atoms with Crippen molar-refractivity contribution in [2.75, 3.05) is 5.32 Å². The molecule has 0 spiro atoms. The molecule has 0 saturated heterocycles. The lowest BCUT2D eigenvalue weighted by Gasteiger charge is -2.08. The van der Waals surface area contributed by atoms with E-state index in [4.69, 9.17) is 23.2 Å². The summed E-state index contributed by atoms with van der Waals surface area (Å²) in [6.45, 7) is 3.79. The summed E-state index contributed by atoms with van der Waals surface area (Å²) in [5, 5.41) is 7.02. The van der Waals surface area contributed by atoms with Crippen LogP contribution < -0.4 is 10.7 Å². The molecule has 2 N–H and O–H groups in total. The largest absolute Gasteiger partial charge is 0.329 e. The Morgan fingerprint density at radius 2 is 1.71 bits per heavy atom. The van der Waals surface area contributed by atoms with Crippen LogP contribution in [0, 0.1) is 13.8 Å². The first kappa shape index (κ1) is 18.0. The summed E-state index contributed by atoms with van der Waals surface area (Å²) >= 11 is 12.0. The van der Waals surface area contributed by atoms with Gasteiger partial charge in [-0.3, -0.25) is 9.59 Å². The summed E-state index contributed by atoms with van der Waals surface area (Å²) in [5.41, 5.74) is 5.09. The van der Waals surface area contributed by atoms with E-state index in [0.29, 0.717) is 21.3 Å². The zero-order valence-corrected chi connectivity index (χ0v) is 14.6. The minimum atomic E-state index is -0.894. The molecule has 124 valence electrons. The Morgan fingerprint density at radius 1 is 1.04 bits per heavy atom. The molecule has 0 atom stereocenters. The predicted molar refractivity (Wildman–Crippen MR) is 96.7 cm³/mol. The number of aryl methyl sites for hydroxylation is 2. The molecular formula is C17H15Cl2N3O2. The van der Waals surface area contributed by atoms with Gasteiger partial charge in [0.1, 0.15) is 0 Å². The van der Waals surface area contributed by atoms with Crippen molar-refractivity contribution >= 4 is 46.9 Å². The highest BCUT2D eigenvalue weighted by molar-refractivity contribution is 6.40. The van der Waals surface area contributed by atoms with Gasteiger partial charge in [-0.25, -0.2) is 5.43 Å². The second-order valence-corrected chi connectivity index (χ2v) is 5.92. The molecule has 2 aromatic carbocycles. The predicted octanol–water partition coefficient (Wildman–Crippen LogP) is 3.70. The first-order chi connectivity index (χ1) is 11.4. The first-order valence-electron chi connectivity index (χ1n) is 7.04. The molecular weight excluding hydrogens is 349 g/mol. The van der Waals surface area contributed by atoms with Crippen molar-refractivity contribution < 1.29 is 9.59 Å². The van der Waals surface area contributed by atoms with Crippen LogP contribution >= 0.6 is 23.2 Å². The maximum atomic E-state index is 11.9. The van der Waals surface area contributed by atoms with E-state index in [1.165, 1.54) is 6.21 Å². The molecule has 0 unspecified atom stereocenters. The second-order valence-electron chi connectivity index (χ2n) is 5.11. The van der Waals surface area contributed by atoms with E-state index >= 15 is 0 Å². The number of hydrazone groups is 1. The van der Waals surface area contributed by atoms with Crippen LogP contribution in [0.3, 0.4) is 0 Å². The fourth-order valence-electron chi connectivity index (χ4n) is 1.97. The van der Waals surface area contributed by atoms with Gasteiger partial charge in [-0.15, -0.1) is 0 Å². The molecule has 2 rings (SSSR count).